The molecule has 0 fully saturated rings. The molecule has 0 saturated carbocycles. The molecule has 3 aromatic rings. The maximum atomic E-state index is 13.9. The summed E-state index contributed by atoms with van der Waals surface area (Å²) in [5.41, 5.74) is 0.168. The van der Waals surface area contributed by atoms with Crippen molar-refractivity contribution in [2.75, 3.05) is 14.1 Å². The second kappa shape index (κ2) is 10.1. The number of rotatable bonds is 7. The second-order valence-corrected chi connectivity index (χ2v) is 7.97. The lowest BCUT2D eigenvalue weighted by atomic mass is 10.1. The molecule has 0 bridgehead atoms. The zero-order valence-electron chi connectivity index (χ0n) is 18.7. The molecule has 0 aliphatic heterocycles. The number of aromatic nitrogens is 3. The first-order valence-corrected chi connectivity index (χ1v) is 10.3. The third kappa shape index (κ3) is 5.29. The van der Waals surface area contributed by atoms with Gasteiger partial charge in [-0.15, -0.1) is 0 Å². The van der Waals surface area contributed by atoms with Gasteiger partial charge < -0.3 is 14.7 Å². The normalized spacial score (nSPS) is 12.1. The largest absolute Gasteiger partial charge is 0.457 e. The van der Waals surface area contributed by atoms with Crippen LogP contribution in [0.2, 0.25) is 5.02 Å². The summed E-state index contributed by atoms with van der Waals surface area (Å²) in [7, 11) is 3.54. The van der Waals surface area contributed by atoms with Gasteiger partial charge in [-0.3, -0.25) is 19.1 Å². The van der Waals surface area contributed by atoms with E-state index in [1.54, 1.807) is 39.0 Å². The molecule has 178 valence electrons. The number of carbonyl (C=O) groups is 1. The number of hydrogen-bond acceptors (Lipinski definition) is 7. The fourth-order valence-electron chi connectivity index (χ4n) is 3.04. The Bertz CT molecular complexity index is 1340. The van der Waals surface area contributed by atoms with Crippen molar-refractivity contribution in [3.05, 3.63) is 92.5 Å². The summed E-state index contributed by atoms with van der Waals surface area (Å²) in [6, 6.07) is 3.37. The van der Waals surface area contributed by atoms with Gasteiger partial charge in [0.05, 0.1) is 11.9 Å². The molecule has 1 unspecified atom stereocenters. The number of ether oxygens (including phenoxy) is 1. The minimum atomic E-state index is -1.94. The molecule has 3 heterocycles. The van der Waals surface area contributed by atoms with Crippen LogP contribution >= 0.6 is 11.6 Å². The Labute approximate surface area is 198 Å². The zero-order valence-corrected chi connectivity index (χ0v) is 19.5. The van der Waals surface area contributed by atoms with Crippen LogP contribution in [0.1, 0.15) is 33.7 Å². The van der Waals surface area contributed by atoms with E-state index in [0.717, 1.165) is 0 Å². The number of aliphatic hydroxyl groups is 1. The van der Waals surface area contributed by atoms with Gasteiger partial charge in [-0.05, 0) is 25.5 Å². The fraction of sp³-hybridized carbons (Fsp3) is 0.217. The molecule has 34 heavy (non-hydrogen) atoms. The van der Waals surface area contributed by atoms with E-state index in [2.05, 4.69) is 9.97 Å². The maximum Gasteiger partial charge on any atom is 0.277 e. The van der Waals surface area contributed by atoms with E-state index in [0.29, 0.717) is 29.2 Å². The van der Waals surface area contributed by atoms with Gasteiger partial charge in [-0.25, -0.2) is 13.8 Å². The maximum absolute atomic E-state index is 13.9. The van der Waals surface area contributed by atoms with Crippen molar-refractivity contribution in [3.8, 4) is 11.4 Å². The molecule has 1 N–H and O–H groups in total. The van der Waals surface area contributed by atoms with Crippen LogP contribution in [0.15, 0.2) is 47.7 Å². The van der Waals surface area contributed by atoms with Crippen LogP contribution in [-0.4, -0.2) is 44.4 Å². The first kappa shape index (κ1) is 25.0. The van der Waals surface area contributed by atoms with Crippen molar-refractivity contribution in [1.82, 2.24) is 19.4 Å². The highest BCUT2D eigenvalue weighted by atomic mass is 35.5. The Balaban J connectivity index is 2.01. The molecular weight excluding hydrogens is 470 g/mol. The number of aliphatic hydroxyl groups excluding tert-OH is 1. The molecular formula is C23H21ClF2N4O4. The Morgan fingerprint density at radius 3 is 2.56 bits per heavy atom. The first-order chi connectivity index (χ1) is 16.0. The predicted octanol–water partition coefficient (Wildman–Crippen LogP) is 3.50. The molecule has 3 rings (SSSR count). The van der Waals surface area contributed by atoms with Crippen LogP contribution in [0.25, 0.3) is 5.69 Å². The molecule has 0 aliphatic rings. The molecule has 1 atom stereocenters. The molecule has 0 spiro atoms. The van der Waals surface area contributed by atoms with E-state index < -0.39 is 34.2 Å². The third-order valence-electron chi connectivity index (χ3n) is 4.70. The summed E-state index contributed by atoms with van der Waals surface area (Å²) in [4.78, 5) is 34.8. The molecule has 11 heteroatoms. The number of allylic oxidation sites excluding steroid dienone is 1. The highest BCUT2D eigenvalue weighted by Gasteiger charge is 2.22. The number of halogens is 3. The van der Waals surface area contributed by atoms with Gasteiger partial charge in [0.15, 0.2) is 5.82 Å². The van der Waals surface area contributed by atoms with Crippen LogP contribution < -0.4 is 10.3 Å². The Kier molecular flexibility index (Phi) is 7.43. The number of pyridine rings is 3. The quantitative estimate of drug-likeness (QED) is 0.307. The van der Waals surface area contributed by atoms with Gasteiger partial charge >= 0.3 is 0 Å². The molecule has 0 aliphatic carbocycles. The standard InChI is InChI=1S/C23H21ClF2N4O4/c1-12-10-27-16(18(31)5-6-29(3)4)9-17(12)30-13(2)7-19(20(24)22(30)32)34-23(33)21-15(26)8-14(25)11-28-21/h5-11,23,33H,1-4H3/b6-5+. The summed E-state index contributed by atoms with van der Waals surface area (Å²) in [5, 5.41) is 9.80. The van der Waals surface area contributed by atoms with E-state index >= 15 is 0 Å². The molecule has 0 aromatic carbocycles. The highest BCUT2D eigenvalue weighted by molar-refractivity contribution is 6.31. The van der Waals surface area contributed by atoms with Gasteiger partial charge in [-0.1, -0.05) is 11.6 Å². The Hall–Kier alpha value is -3.63. The SMILES string of the molecule is Cc1cnc(C(=O)/C=C/N(C)C)cc1-n1c(C)cc(OC(O)c2ncc(F)cc2F)c(Cl)c1=O. The summed E-state index contributed by atoms with van der Waals surface area (Å²) < 4.78 is 33.5. The van der Waals surface area contributed by atoms with Crippen LogP contribution in [-0.2, 0) is 0 Å². The van der Waals surface area contributed by atoms with Crippen LogP contribution in [0.5, 0.6) is 5.75 Å². The van der Waals surface area contributed by atoms with Gasteiger partial charge in [-0.2, -0.15) is 0 Å². The molecule has 0 saturated heterocycles. The Morgan fingerprint density at radius 1 is 1.21 bits per heavy atom. The van der Waals surface area contributed by atoms with Crippen molar-refractivity contribution in [2.45, 2.75) is 20.1 Å². The number of ketones is 1. The smallest absolute Gasteiger partial charge is 0.277 e. The summed E-state index contributed by atoms with van der Waals surface area (Å²) in [6.45, 7) is 3.30. The van der Waals surface area contributed by atoms with Crippen LogP contribution in [0.3, 0.4) is 0 Å². The lowest BCUT2D eigenvalue weighted by Crippen LogP contribution is -2.24. The monoisotopic (exact) mass is 490 g/mol. The van der Waals surface area contributed by atoms with Gasteiger partial charge in [0.25, 0.3) is 5.56 Å². The van der Waals surface area contributed by atoms with E-state index in [9.17, 15) is 23.5 Å². The number of aryl methyl sites for hydroxylation is 2. The van der Waals surface area contributed by atoms with Gasteiger partial charge in [0, 0.05) is 50.4 Å². The van der Waals surface area contributed by atoms with Crippen molar-refractivity contribution in [1.29, 1.82) is 0 Å². The zero-order chi connectivity index (χ0) is 25.2. The van der Waals surface area contributed by atoms with E-state index in [4.69, 9.17) is 16.3 Å². The van der Waals surface area contributed by atoms with Crippen molar-refractivity contribution >= 4 is 17.4 Å². The summed E-state index contributed by atoms with van der Waals surface area (Å²) in [6.07, 6.45) is 3.17. The van der Waals surface area contributed by atoms with Crippen molar-refractivity contribution < 1.29 is 23.4 Å². The van der Waals surface area contributed by atoms with Gasteiger partial charge in [0.2, 0.25) is 12.1 Å². The summed E-state index contributed by atoms with van der Waals surface area (Å²) >= 11 is 6.21. The highest BCUT2D eigenvalue weighted by Crippen LogP contribution is 2.28. The predicted molar refractivity (Wildman–Crippen MR) is 121 cm³/mol. The lowest BCUT2D eigenvalue weighted by molar-refractivity contribution is -0.0258. The topological polar surface area (TPSA) is 97.6 Å². The average Bonchev–Trinajstić information content (AvgIpc) is 2.76. The molecule has 8 nitrogen and oxygen atoms in total. The second-order valence-electron chi connectivity index (χ2n) is 7.59. The fourth-order valence-corrected chi connectivity index (χ4v) is 3.22. The molecule has 0 radical (unpaired) electrons. The van der Waals surface area contributed by atoms with E-state index in [1.807, 2.05) is 0 Å². The lowest BCUT2D eigenvalue weighted by Gasteiger charge is -2.18. The molecule has 0 amide bonds. The number of carbonyl (C=O) groups excluding carboxylic acids is 1. The van der Waals surface area contributed by atoms with E-state index in [-0.39, 0.29) is 17.2 Å². The van der Waals surface area contributed by atoms with Crippen LogP contribution in [0, 0.1) is 25.5 Å². The van der Waals surface area contributed by atoms with Crippen LogP contribution in [0.4, 0.5) is 8.78 Å². The van der Waals surface area contributed by atoms with E-state index in [1.165, 1.54) is 29.0 Å². The molecule has 3 aromatic heterocycles. The minimum absolute atomic E-state index is 0.120. The first-order valence-electron chi connectivity index (χ1n) is 9.93. The summed E-state index contributed by atoms with van der Waals surface area (Å²) in [5.74, 6) is -2.63. The number of hydrogen-bond donors (Lipinski definition) is 1. The number of nitrogens with zero attached hydrogens (tertiary/aromatic N) is 4. The van der Waals surface area contributed by atoms with Gasteiger partial charge in [0.1, 0.15) is 28.0 Å². The van der Waals surface area contributed by atoms with Crippen molar-refractivity contribution in [2.24, 2.45) is 0 Å². The Morgan fingerprint density at radius 2 is 1.91 bits per heavy atom. The third-order valence-corrected chi connectivity index (χ3v) is 5.05. The average molecular weight is 491 g/mol. The minimum Gasteiger partial charge on any atom is -0.457 e. The van der Waals surface area contributed by atoms with Crippen molar-refractivity contribution in [3.63, 3.8) is 0 Å².